The number of amides is 1. The number of halogens is 2. The zero-order chi connectivity index (χ0) is 17.1. The molecule has 1 fully saturated rings. The molecular weight excluding hydrogens is 333 g/mol. The molecule has 1 amide bonds. The van der Waals surface area contributed by atoms with E-state index in [-0.39, 0.29) is 5.82 Å². The number of benzene rings is 2. The molecule has 3 rings (SSSR count). The van der Waals surface area contributed by atoms with Crippen LogP contribution in [0, 0.1) is 5.82 Å². The van der Waals surface area contributed by atoms with Crippen molar-refractivity contribution in [1.29, 1.82) is 0 Å². The van der Waals surface area contributed by atoms with E-state index in [9.17, 15) is 14.3 Å². The standard InChI is InChI=1S/C17H17ClFN3O2/c18-12-7-3-1-5-10(12)16(23)17(24)21-14-9-20-22-15(14)11-6-2-4-8-13(11)19/h1-8,14-16,20,22-23H,9H2,(H,21,24)/t14?,15?,16-/m1/s1. The van der Waals surface area contributed by atoms with Crippen LogP contribution in [0.3, 0.4) is 0 Å². The van der Waals surface area contributed by atoms with Gasteiger partial charge in [-0.05, 0) is 12.1 Å². The van der Waals surface area contributed by atoms with Crippen molar-refractivity contribution in [2.75, 3.05) is 6.54 Å². The number of hydrazine groups is 1. The van der Waals surface area contributed by atoms with Crippen LogP contribution in [0.2, 0.25) is 5.02 Å². The molecule has 1 heterocycles. The highest BCUT2D eigenvalue weighted by atomic mass is 35.5. The van der Waals surface area contributed by atoms with E-state index in [4.69, 9.17) is 11.6 Å². The van der Waals surface area contributed by atoms with Gasteiger partial charge in [0.05, 0.1) is 12.1 Å². The molecule has 2 aromatic rings. The van der Waals surface area contributed by atoms with Crippen LogP contribution in [0.15, 0.2) is 48.5 Å². The normalized spacial score (nSPS) is 21.5. The molecule has 1 saturated heterocycles. The summed E-state index contributed by atoms with van der Waals surface area (Å²) < 4.78 is 14.0. The number of carbonyl (C=O) groups excluding carboxylic acids is 1. The van der Waals surface area contributed by atoms with Gasteiger partial charge in [0.2, 0.25) is 0 Å². The number of rotatable bonds is 4. The molecule has 2 aromatic carbocycles. The van der Waals surface area contributed by atoms with Gasteiger partial charge in [-0.3, -0.25) is 10.2 Å². The van der Waals surface area contributed by atoms with Crippen LogP contribution in [-0.4, -0.2) is 23.6 Å². The van der Waals surface area contributed by atoms with E-state index in [0.29, 0.717) is 22.7 Å². The molecule has 1 aliphatic heterocycles. The minimum atomic E-state index is -1.39. The van der Waals surface area contributed by atoms with Gasteiger partial charge < -0.3 is 10.4 Å². The minimum Gasteiger partial charge on any atom is -0.378 e. The Morgan fingerprint density at radius 1 is 1.25 bits per heavy atom. The van der Waals surface area contributed by atoms with Crippen LogP contribution < -0.4 is 16.2 Å². The first-order chi connectivity index (χ1) is 11.6. The third kappa shape index (κ3) is 3.42. The van der Waals surface area contributed by atoms with Crippen LogP contribution >= 0.6 is 11.6 Å². The topological polar surface area (TPSA) is 73.4 Å². The Bertz CT molecular complexity index is 743. The van der Waals surface area contributed by atoms with Gasteiger partial charge in [0.15, 0.2) is 6.10 Å². The summed E-state index contributed by atoms with van der Waals surface area (Å²) in [6, 6.07) is 12.1. The number of aliphatic hydroxyl groups is 1. The predicted molar refractivity (Wildman–Crippen MR) is 88.6 cm³/mol. The van der Waals surface area contributed by atoms with Crippen LogP contribution in [0.1, 0.15) is 23.3 Å². The molecule has 0 aliphatic carbocycles. The van der Waals surface area contributed by atoms with Crippen molar-refractivity contribution in [3.63, 3.8) is 0 Å². The van der Waals surface area contributed by atoms with E-state index in [0.717, 1.165) is 0 Å². The summed E-state index contributed by atoms with van der Waals surface area (Å²) in [4.78, 5) is 12.3. The lowest BCUT2D eigenvalue weighted by Crippen LogP contribution is -2.42. The van der Waals surface area contributed by atoms with Gasteiger partial charge in [0, 0.05) is 22.7 Å². The van der Waals surface area contributed by atoms with Crippen molar-refractivity contribution in [3.8, 4) is 0 Å². The number of hydrogen-bond acceptors (Lipinski definition) is 4. The summed E-state index contributed by atoms with van der Waals surface area (Å²) in [5, 5.41) is 13.3. The molecule has 0 radical (unpaired) electrons. The van der Waals surface area contributed by atoms with Crippen molar-refractivity contribution in [2.45, 2.75) is 18.2 Å². The molecule has 0 aromatic heterocycles. The maximum absolute atomic E-state index is 14.0. The molecule has 7 heteroatoms. The van der Waals surface area contributed by atoms with E-state index < -0.39 is 24.1 Å². The highest BCUT2D eigenvalue weighted by Crippen LogP contribution is 2.25. The Hall–Kier alpha value is -1.99. The quantitative estimate of drug-likeness (QED) is 0.679. The van der Waals surface area contributed by atoms with Crippen molar-refractivity contribution >= 4 is 17.5 Å². The molecule has 126 valence electrons. The molecule has 0 bridgehead atoms. The van der Waals surface area contributed by atoms with Gasteiger partial charge in [-0.15, -0.1) is 0 Å². The Balaban J connectivity index is 1.74. The summed E-state index contributed by atoms with van der Waals surface area (Å²) >= 11 is 6.01. The fourth-order valence-corrected chi connectivity index (χ4v) is 2.99. The number of hydrogen-bond donors (Lipinski definition) is 4. The molecule has 3 atom stereocenters. The Morgan fingerprint density at radius 3 is 2.71 bits per heavy atom. The van der Waals surface area contributed by atoms with E-state index in [1.165, 1.54) is 6.07 Å². The monoisotopic (exact) mass is 349 g/mol. The molecule has 4 N–H and O–H groups in total. The molecule has 24 heavy (non-hydrogen) atoms. The van der Waals surface area contributed by atoms with Gasteiger partial charge in [-0.1, -0.05) is 48.0 Å². The van der Waals surface area contributed by atoms with Gasteiger partial charge >= 0.3 is 0 Å². The van der Waals surface area contributed by atoms with Crippen molar-refractivity contribution in [1.82, 2.24) is 16.2 Å². The largest absolute Gasteiger partial charge is 0.378 e. The highest BCUT2D eigenvalue weighted by Gasteiger charge is 2.33. The lowest BCUT2D eigenvalue weighted by atomic mass is 10.00. The van der Waals surface area contributed by atoms with Gasteiger partial charge in [-0.25, -0.2) is 9.82 Å². The van der Waals surface area contributed by atoms with Crippen molar-refractivity contribution < 1.29 is 14.3 Å². The van der Waals surface area contributed by atoms with E-state index >= 15 is 0 Å². The molecule has 1 aliphatic rings. The Labute approximate surface area is 143 Å². The summed E-state index contributed by atoms with van der Waals surface area (Å²) in [7, 11) is 0. The SMILES string of the molecule is O=C(NC1CNNC1c1ccccc1F)[C@H](O)c1ccccc1Cl. The maximum Gasteiger partial charge on any atom is 0.253 e. The van der Waals surface area contributed by atoms with Gasteiger partial charge in [0.25, 0.3) is 5.91 Å². The fourth-order valence-electron chi connectivity index (χ4n) is 2.75. The van der Waals surface area contributed by atoms with E-state index in [1.807, 2.05) is 0 Å². The molecular formula is C17H17ClFN3O2. The summed E-state index contributed by atoms with van der Waals surface area (Å²) in [5.74, 6) is -0.940. The molecule has 2 unspecified atom stereocenters. The lowest BCUT2D eigenvalue weighted by molar-refractivity contribution is -0.130. The Morgan fingerprint density at radius 2 is 1.96 bits per heavy atom. The third-order valence-electron chi connectivity index (χ3n) is 4.00. The second-order valence-corrected chi connectivity index (χ2v) is 5.97. The highest BCUT2D eigenvalue weighted by molar-refractivity contribution is 6.31. The second kappa shape index (κ2) is 7.27. The van der Waals surface area contributed by atoms with Gasteiger partial charge in [0.1, 0.15) is 5.82 Å². The lowest BCUT2D eigenvalue weighted by Gasteiger charge is -2.22. The first-order valence-corrected chi connectivity index (χ1v) is 7.91. The van der Waals surface area contributed by atoms with Crippen LogP contribution in [0.5, 0.6) is 0 Å². The average Bonchev–Trinajstić information content (AvgIpc) is 3.03. The Kier molecular flexibility index (Phi) is 5.11. The summed E-state index contributed by atoms with van der Waals surface area (Å²) in [6.45, 7) is 0.403. The third-order valence-corrected chi connectivity index (χ3v) is 4.34. The minimum absolute atomic E-state index is 0.313. The summed E-state index contributed by atoms with van der Waals surface area (Å²) in [5.41, 5.74) is 6.63. The zero-order valence-electron chi connectivity index (χ0n) is 12.7. The van der Waals surface area contributed by atoms with E-state index in [1.54, 1.807) is 42.5 Å². The number of carbonyl (C=O) groups is 1. The smallest absolute Gasteiger partial charge is 0.253 e. The number of nitrogens with one attached hydrogen (secondary N) is 3. The average molecular weight is 350 g/mol. The van der Waals surface area contributed by atoms with Gasteiger partial charge in [-0.2, -0.15) is 0 Å². The van der Waals surface area contributed by atoms with Crippen LogP contribution in [0.4, 0.5) is 4.39 Å². The van der Waals surface area contributed by atoms with Crippen molar-refractivity contribution in [2.24, 2.45) is 0 Å². The zero-order valence-corrected chi connectivity index (χ0v) is 13.4. The first kappa shape index (κ1) is 16.9. The fraction of sp³-hybridized carbons (Fsp3) is 0.235. The molecule has 0 spiro atoms. The van der Waals surface area contributed by atoms with E-state index in [2.05, 4.69) is 16.2 Å². The molecule has 0 saturated carbocycles. The second-order valence-electron chi connectivity index (χ2n) is 5.56. The van der Waals surface area contributed by atoms with Crippen LogP contribution in [-0.2, 0) is 4.79 Å². The maximum atomic E-state index is 14.0. The first-order valence-electron chi connectivity index (χ1n) is 7.53. The predicted octanol–water partition coefficient (Wildman–Crippen LogP) is 1.85. The van der Waals surface area contributed by atoms with Crippen LogP contribution in [0.25, 0.3) is 0 Å². The molecule has 5 nitrogen and oxygen atoms in total. The summed E-state index contributed by atoms with van der Waals surface area (Å²) in [6.07, 6.45) is -1.39. The number of aliphatic hydroxyl groups excluding tert-OH is 1. The van der Waals surface area contributed by atoms with Crippen molar-refractivity contribution in [3.05, 3.63) is 70.5 Å².